The van der Waals surface area contributed by atoms with Crippen molar-refractivity contribution in [1.29, 1.82) is 0 Å². The van der Waals surface area contributed by atoms with E-state index in [0.717, 1.165) is 11.9 Å². The summed E-state index contributed by atoms with van der Waals surface area (Å²) in [6, 6.07) is 4.37. The van der Waals surface area contributed by atoms with Gasteiger partial charge in [-0.15, -0.1) is 0 Å². The average molecular weight is 408 g/mol. The number of alkyl halides is 3. The van der Waals surface area contributed by atoms with Gasteiger partial charge in [-0.05, 0) is 6.07 Å². The zero-order valence-corrected chi connectivity index (χ0v) is 15.2. The molecule has 0 aliphatic heterocycles. The van der Waals surface area contributed by atoms with Crippen LogP contribution in [0, 0.1) is 0 Å². The van der Waals surface area contributed by atoms with E-state index >= 15 is 0 Å². The lowest BCUT2D eigenvalue weighted by atomic mass is 10.2. The van der Waals surface area contributed by atoms with E-state index in [9.17, 15) is 26.4 Å². The smallest absolute Gasteiger partial charge is 0.478 e. The molecule has 0 amide bonds. The van der Waals surface area contributed by atoms with E-state index in [0.29, 0.717) is 4.48 Å². The van der Waals surface area contributed by atoms with Crippen LogP contribution in [-0.2, 0) is 20.0 Å². The van der Waals surface area contributed by atoms with Gasteiger partial charge in [-0.2, -0.15) is 21.6 Å². The molecule has 0 saturated heterocycles. The molecule has 0 saturated carbocycles. The van der Waals surface area contributed by atoms with Crippen molar-refractivity contribution >= 4 is 31.6 Å². The Balaban J connectivity index is 0.000000609. The third-order valence-corrected chi connectivity index (χ3v) is 4.40. The third-order valence-electron chi connectivity index (χ3n) is 2.66. The van der Waals surface area contributed by atoms with Crippen molar-refractivity contribution in [3.8, 4) is 0 Å². The first-order chi connectivity index (χ1) is 10.8. The molecule has 0 radical (unpaired) electrons. The van der Waals surface area contributed by atoms with Gasteiger partial charge in [0.15, 0.2) is 9.84 Å². The molecule has 2 N–H and O–H groups in total. The van der Waals surface area contributed by atoms with Crippen molar-refractivity contribution in [2.75, 3.05) is 27.4 Å². The van der Waals surface area contributed by atoms with Gasteiger partial charge in [0.1, 0.15) is 5.69 Å². The Bertz CT molecular complexity index is 854. The fourth-order valence-electron chi connectivity index (χ4n) is 1.43. The molecule has 0 spiro atoms. The van der Waals surface area contributed by atoms with Crippen LogP contribution in [0.2, 0.25) is 0 Å². The Morgan fingerprint density at radius 1 is 1.08 bits per heavy atom. The number of hydrogen-bond acceptors (Lipinski definition) is 5. The molecular formula is C12H17F3NO7S2+. The molecule has 25 heavy (non-hydrogen) atoms. The molecule has 0 unspecified atom stereocenters. The van der Waals surface area contributed by atoms with Gasteiger partial charge >= 0.3 is 21.6 Å². The fraction of sp³-hybridized carbons (Fsp3) is 0.417. The van der Waals surface area contributed by atoms with E-state index in [1.165, 1.54) is 12.1 Å². The first-order valence-electron chi connectivity index (χ1n) is 6.21. The normalized spacial score (nSPS) is 13.0. The summed E-state index contributed by atoms with van der Waals surface area (Å²) in [5.74, 6) is -1.24. The van der Waals surface area contributed by atoms with Gasteiger partial charge in [0, 0.05) is 18.4 Å². The number of halogens is 3. The largest absolute Gasteiger partial charge is 0.522 e. The summed E-state index contributed by atoms with van der Waals surface area (Å²) in [6.45, 7) is 0. The second-order valence-corrected chi connectivity index (χ2v) is 9.09. The van der Waals surface area contributed by atoms with Crippen molar-refractivity contribution < 1.29 is 44.5 Å². The number of rotatable bonds is 3. The molecule has 1 aromatic carbocycles. The number of nitrogens with zero attached hydrogens (tertiary/aromatic N) is 1. The van der Waals surface area contributed by atoms with Crippen LogP contribution in [0.15, 0.2) is 23.1 Å². The number of benzene rings is 1. The lowest BCUT2D eigenvalue weighted by Gasteiger charge is -2.24. The van der Waals surface area contributed by atoms with E-state index in [1.54, 1.807) is 6.07 Å². The molecule has 8 nitrogen and oxygen atoms in total. The summed E-state index contributed by atoms with van der Waals surface area (Å²) in [5.41, 5.74) is -4.99. The fourth-order valence-corrected chi connectivity index (χ4v) is 2.29. The van der Waals surface area contributed by atoms with Gasteiger partial charge in [0.05, 0.1) is 31.6 Å². The molecule has 13 heteroatoms. The second-order valence-electron chi connectivity index (χ2n) is 5.69. The van der Waals surface area contributed by atoms with Gasteiger partial charge in [0.25, 0.3) is 0 Å². The van der Waals surface area contributed by atoms with Crippen molar-refractivity contribution in [3.05, 3.63) is 23.8 Å². The molecule has 1 aromatic rings. The van der Waals surface area contributed by atoms with Crippen molar-refractivity contribution in [3.63, 3.8) is 0 Å². The Morgan fingerprint density at radius 2 is 1.48 bits per heavy atom. The number of sulfone groups is 1. The molecule has 144 valence electrons. The average Bonchev–Trinajstić information content (AvgIpc) is 2.34. The molecule has 0 fully saturated rings. The summed E-state index contributed by atoms with van der Waals surface area (Å²) in [6.07, 6.45) is 1.00. The lowest BCUT2D eigenvalue weighted by Crippen LogP contribution is -2.35. The highest BCUT2D eigenvalue weighted by atomic mass is 32.2. The Kier molecular flexibility index (Phi) is 6.78. The summed E-state index contributed by atoms with van der Waals surface area (Å²) < 4.78 is 80.9. The predicted octanol–water partition coefficient (Wildman–Crippen LogP) is 1.38. The number of carboxylic acids is 1. The standard InChI is InChI=1S/C11H15NO4S.CHF3O3S/c1-12(2,3)8-5-6-10(17(4,15)16)9(7-8)11(13)14;2-1(3,4)8(5,6)7/h5-7H,1-4H3;(H,5,6,7)/p+1. The molecular weight excluding hydrogens is 391 g/mol. The maximum atomic E-state index is 11.5. The summed E-state index contributed by atoms with van der Waals surface area (Å²) in [5, 5.41) is 9.05. The van der Waals surface area contributed by atoms with E-state index in [4.69, 9.17) is 18.1 Å². The van der Waals surface area contributed by atoms with Gasteiger partial charge in [-0.25, -0.2) is 13.2 Å². The Hall–Kier alpha value is -1.70. The molecule has 0 bridgehead atoms. The minimum atomic E-state index is -5.84. The highest BCUT2D eigenvalue weighted by Gasteiger charge is 2.44. The highest BCUT2D eigenvalue weighted by molar-refractivity contribution is 7.90. The first kappa shape index (κ1) is 23.3. The topological polar surface area (TPSA) is 126 Å². The summed E-state index contributed by atoms with van der Waals surface area (Å²) in [4.78, 5) is 10.9. The maximum Gasteiger partial charge on any atom is 0.522 e. The Morgan fingerprint density at radius 3 is 1.72 bits per heavy atom. The molecule has 0 aliphatic rings. The van der Waals surface area contributed by atoms with Crippen molar-refractivity contribution in [2.24, 2.45) is 0 Å². The summed E-state index contributed by atoms with van der Waals surface area (Å²) in [7, 11) is -3.74. The van der Waals surface area contributed by atoms with E-state index in [1.807, 2.05) is 21.1 Å². The van der Waals surface area contributed by atoms with Crippen LogP contribution >= 0.6 is 0 Å². The molecule has 0 aliphatic carbocycles. The predicted molar refractivity (Wildman–Crippen MR) is 83.7 cm³/mol. The van der Waals surface area contributed by atoms with Gasteiger partial charge in [-0.1, -0.05) is 0 Å². The number of aromatic carboxylic acids is 1. The number of hydrogen-bond donors (Lipinski definition) is 2. The second kappa shape index (κ2) is 7.27. The maximum absolute atomic E-state index is 11.5. The van der Waals surface area contributed by atoms with Crippen LogP contribution in [0.1, 0.15) is 10.4 Å². The zero-order chi connectivity index (χ0) is 20.4. The van der Waals surface area contributed by atoms with Gasteiger partial charge in [0.2, 0.25) is 0 Å². The summed E-state index contributed by atoms with van der Waals surface area (Å²) >= 11 is 0. The number of quaternary nitrogens is 1. The highest BCUT2D eigenvalue weighted by Crippen LogP contribution is 2.24. The third kappa shape index (κ3) is 6.97. The number of carboxylic acid groups (broad SMARTS) is 1. The molecule has 0 heterocycles. The SMILES string of the molecule is C[N+](C)(C)c1ccc(S(C)(=O)=O)c(C(=O)O)c1.O=S(=O)(O)C(F)(F)F. The quantitative estimate of drug-likeness (QED) is 0.440. The van der Waals surface area contributed by atoms with Crippen molar-refractivity contribution in [1.82, 2.24) is 4.48 Å². The zero-order valence-electron chi connectivity index (χ0n) is 13.6. The number of carbonyl (C=O) groups is 1. The van der Waals surface area contributed by atoms with E-state index in [-0.39, 0.29) is 10.5 Å². The van der Waals surface area contributed by atoms with Crippen LogP contribution < -0.4 is 4.48 Å². The van der Waals surface area contributed by atoms with Crippen LogP contribution in [0.25, 0.3) is 0 Å². The first-order valence-corrected chi connectivity index (χ1v) is 9.55. The molecule has 1 rings (SSSR count). The van der Waals surface area contributed by atoms with Gasteiger partial charge < -0.3 is 5.11 Å². The minimum Gasteiger partial charge on any atom is -0.478 e. The van der Waals surface area contributed by atoms with Crippen LogP contribution in [-0.4, -0.2) is 65.4 Å². The van der Waals surface area contributed by atoms with E-state index in [2.05, 4.69) is 0 Å². The molecule has 0 atom stereocenters. The van der Waals surface area contributed by atoms with Crippen molar-refractivity contribution in [2.45, 2.75) is 10.4 Å². The minimum absolute atomic E-state index is 0.151. The lowest BCUT2D eigenvalue weighted by molar-refractivity contribution is -0.0510. The van der Waals surface area contributed by atoms with E-state index < -0.39 is 31.4 Å². The van der Waals surface area contributed by atoms with Gasteiger partial charge in [-0.3, -0.25) is 9.04 Å². The van der Waals surface area contributed by atoms with Crippen LogP contribution in [0.3, 0.4) is 0 Å². The monoisotopic (exact) mass is 408 g/mol. The van der Waals surface area contributed by atoms with Crippen LogP contribution in [0.4, 0.5) is 18.9 Å². The molecule has 0 aromatic heterocycles. The Labute approximate surface area is 142 Å². The van der Waals surface area contributed by atoms with Crippen LogP contribution in [0.5, 0.6) is 0 Å².